The van der Waals surface area contributed by atoms with Crippen LogP contribution in [0.2, 0.25) is 5.02 Å². The molecule has 0 aliphatic rings. The number of nitrogens with one attached hydrogen (secondary N) is 1. The van der Waals surface area contributed by atoms with E-state index in [2.05, 4.69) is 32.9 Å². The zero-order chi connectivity index (χ0) is 16.6. The lowest BCUT2D eigenvalue weighted by atomic mass is 10.2. The average Bonchev–Trinajstić information content (AvgIpc) is 2.90. The van der Waals surface area contributed by atoms with Crippen molar-refractivity contribution < 1.29 is 9.72 Å². The zero-order valence-electron chi connectivity index (χ0n) is 11.2. The molecule has 6 nitrogen and oxygen atoms in total. The van der Waals surface area contributed by atoms with Gasteiger partial charge in [-0.05, 0) is 46.9 Å². The van der Waals surface area contributed by atoms with Gasteiger partial charge in [0.1, 0.15) is 0 Å². The fraction of sp³-hybridized carbons (Fsp3) is 0. The van der Waals surface area contributed by atoms with Crippen LogP contribution in [0.1, 0.15) is 10.4 Å². The van der Waals surface area contributed by atoms with Crippen molar-refractivity contribution in [2.24, 2.45) is 0 Å². The van der Waals surface area contributed by atoms with Crippen LogP contribution in [0.4, 0.5) is 10.8 Å². The number of hydrogen-bond acceptors (Lipinski definition) is 5. The van der Waals surface area contributed by atoms with Crippen LogP contribution < -0.4 is 5.32 Å². The van der Waals surface area contributed by atoms with Crippen LogP contribution >= 0.6 is 45.5 Å². The number of thiazole rings is 1. The number of anilines is 1. The molecule has 116 valence electrons. The quantitative estimate of drug-likeness (QED) is 0.349. The number of benzene rings is 2. The summed E-state index contributed by atoms with van der Waals surface area (Å²) in [5.74, 6) is -0.373. The van der Waals surface area contributed by atoms with Gasteiger partial charge in [0.05, 0.1) is 25.7 Å². The maximum Gasteiger partial charge on any atom is 0.270 e. The Labute approximate surface area is 152 Å². The van der Waals surface area contributed by atoms with Crippen LogP contribution in [0.25, 0.3) is 10.2 Å². The fourth-order valence-corrected chi connectivity index (χ4v) is 3.50. The minimum Gasteiger partial charge on any atom is -0.298 e. The number of fused-ring (bicyclic) bond motifs is 1. The molecule has 9 heteroatoms. The normalized spacial score (nSPS) is 10.7. The Bertz CT molecular complexity index is 944. The molecule has 0 aliphatic heterocycles. The van der Waals surface area contributed by atoms with Gasteiger partial charge in [0.25, 0.3) is 11.6 Å². The summed E-state index contributed by atoms with van der Waals surface area (Å²) in [7, 11) is 0. The van der Waals surface area contributed by atoms with E-state index >= 15 is 0 Å². The Kier molecular flexibility index (Phi) is 4.46. The van der Waals surface area contributed by atoms with E-state index < -0.39 is 4.92 Å². The third-order valence-electron chi connectivity index (χ3n) is 2.98. The van der Waals surface area contributed by atoms with Crippen molar-refractivity contribution in [1.82, 2.24) is 4.98 Å². The molecule has 1 heterocycles. The highest BCUT2D eigenvalue weighted by atomic mass is 127. The van der Waals surface area contributed by atoms with Crippen molar-refractivity contribution in [3.63, 3.8) is 0 Å². The zero-order valence-corrected chi connectivity index (χ0v) is 15.0. The Hall–Kier alpha value is -1.78. The number of nitrogens with zero attached hydrogens (tertiary/aromatic N) is 2. The second-order valence-corrected chi connectivity index (χ2v) is 7.19. The van der Waals surface area contributed by atoms with Gasteiger partial charge in [0.15, 0.2) is 5.13 Å². The Morgan fingerprint density at radius 3 is 2.83 bits per heavy atom. The van der Waals surface area contributed by atoms with Crippen LogP contribution in [0, 0.1) is 13.7 Å². The van der Waals surface area contributed by atoms with Gasteiger partial charge in [-0.25, -0.2) is 4.98 Å². The lowest BCUT2D eigenvalue weighted by Gasteiger charge is -2.04. The molecule has 1 N–H and O–H groups in total. The second-order valence-electron chi connectivity index (χ2n) is 4.51. The van der Waals surface area contributed by atoms with E-state index in [1.165, 1.54) is 23.5 Å². The van der Waals surface area contributed by atoms with Crippen molar-refractivity contribution in [1.29, 1.82) is 0 Å². The molecule has 0 radical (unpaired) electrons. The standard InChI is InChI=1S/C14H7ClIN3O3S/c15-10-3-1-7(16)5-9(10)13(20)18-14-17-11-4-2-8(19(21)22)6-12(11)23-14/h1-6H,(H,17,18,20). The van der Waals surface area contributed by atoms with Gasteiger partial charge >= 0.3 is 0 Å². The first-order valence-corrected chi connectivity index (χ1v) is 8.53. The number of nitro groups is 1. The highest BCUT2D eigenvalue weighted by Gasteiger charge is 2.15. The second kappa shape index (κ2) is 6.38. The molecule has 0 spiro atoms. The van der Waals surface area contributed by atoms with E-state index in [0.29, 0.717) is 25.9 Å². The molecule has 3 rings (SSSR count). The highest BCUT2D eigenvalue weighted by molar-refractivity contribution is 14.1. The lowest BCUT2D eigenvalue weighted by Crippen LogP contribution is -2.12. The van der Waals surface area contributed by atoms with Gasteiger partial charge in [0, 0.05) is 15.7 Å². The van der Waals surface area contributed by atoms with Crippen LogP contribution in [-0.2, 0) is 0 Å². The third-order valence-corrected chi connectivity index (χ3v) is 4.91. The van der Waals surface area contributed by atoms with Gasteiger partial charge in [-0.1, -0.05) is 22.9 Å². The maximum absolute atomic E-state index is 12.3. The first kappa shape index (κ1) is 16.1. The van der Waals surface area contributed by atoms with E-state index in [0.717, 1.165) is 3.57 Å². The Morgan fingerprint density at radius 2 is 2.09 bits per heavy atom. The summed E-state index contributed by atoms with van der Waals surface area (Å²) >= 11 is 9.30. The smallest absolute Gasteiger partial charge is 0.270 e. The van der Waals surface area contributed by atoms with Crippen LogP contribution in [-0.4, -0.2) is 15.8 Å². The van der Waals surface area contributed by atoms with Gasteiger partial charge in [-0.3, -0.25) is 20.2 Å². The van der Waals surface area contributed by atoms with Crippen LogP contribution in [0.3, 0.4) is 0 Å². The average molecular weight is 460 g/mol. The maximum atomic E-state index is 12.3. The number of carbonyl (C=O) groups excluding carboxylic acids is 1. The third kappa shape index (κ3) is 3.43. The number of hydrogen-bond donors (Lipinski definition) is 1. The molecule has 0 aliphatic carbocycles. The van der Waals surface area contributed by atoms with E-state index in [4.69, 9.17) is 11.6 Å². The van der Waals surface area contributed by atoms with Crippen molar-refractivity contribution in [2.75, 3.05) is 5.32 Å². The summed E-state index contributed by atoms with van der Waals surface area (Å²) < 4.78 is 1.51. The minimum absolute atomic E-state index is 0.0142. The van der Waals surface area contributed by atoms with E-state index in [1.54, 1.807) is 24.3 Å². The molecule has 0 atom stereocenters. The Morgan fingerprint density at radius 1 is 1.30 bits per heavy atom. The fourth-order valence-electron chi connectivity index (χ4n) is 1.92. The summed E-state index contributed by atoms with van der Waals surface area (Å²) in [5.41, 5.74) is 0.924. The monoisotopic (exact) mass is 459 g/mol. The molecule has 0 saturated carbocycles. The lowest BCUT2D eigenvalue weighted by molar-refractivity contribution is -0.384. The van der Waals surface area contributed by atoms with Crippen molar-refractivity contribution in [3.05, 3.63) is 60.7 Å². The minimum atomic E-state index is -0.469. The summed E-state index contributed by atoms with van der Waals surface area (Å²) in [5, 5.41) is 14.2. The predicted molar refractivity (Wildman–Crippen MR) is 98.4 cm³/mol. The SMILES string of the molecule is O=C(Nc1nc2ccc([N+](=O)[O-])cc2s1)c1cc(I)ccc1Cl. The molecule has 0 bridgehead atoms. The van der Waals surface area contributed by atoms with Gasteiger partial charge in [0.2, 0.25) is 0 Å². The summed E-state index contributed by atoms with van der Waals surface area (Å²) in [6.07, 6.45) is 0. The largest absolute Gasteiger partial charge is 0.298 e. The van der Waals surface area contributed by atoms with E-state index in [-0.39, 0.29) is 11.6 Å². The Balaban J connectivity index is 1.90. The first-order valence-electron chi connectivity index (χ1n) is 6.25. The van der Waals surface area contributed by atoms with Crippen molar-refractivity contribution >= 4 is 72.5 Å². The highest BCUT2D eigenvalue weighted by Crippen LogP contribution is 2.30. The molecule has 0 fully saturated rings. The molecule has 1 amide bonds. The summed E-state index contributed by atoms with van der Waals surface area (Å²) in [4.78, 5) is 26.9. The van der Waals surface area contributed by atoms with Crippen LogP contribution in [0.15, 0.2) is 36.4 Å². The van der Waals surface area contributed by atoms with Crippen LogP contribution in [0.5, 0.6) is 0 Å². The number of amides is 1. The molecule has 2 aromatic carbocycles. The number of carbonyl (C=O) groups is 1. The number of nitro benzene ring substituents is 1. The van der Waals surface area contributed by atoms with Crippen molar-refractivity contribution in [2.45, 2.75) is 0 Å². The van der Waals surface area contributed by atoms with Gasteiger partial charge in [-0.2, -0.15) is 0 Å². The molecular formula is C14H7ClIN3O3S. The van der Waals surface area contributed by atoms with Gasteiger partial charge in [-0.15, -0.1) is 0 Å². The molecule has 1 aromatic heterocycles. The molecule has 23 heavy (non-hydrogen) atoms. The topological polar surface area (TPSA) is 85.1 Å². The van der Waals surface area contributed by atoms with E-state index in [1.807, 2.05) is 0 Å². The molecule has 3 aromatic rings. The number of rotatable bonds is 3. The van der Waals surface area contributed by atoms with E-state index in [9.17, 15) is 14.9 Å². The summed E-state index contributed by atoms with van der Waals surface area (Å²) in [6, 6.07) is 9.50. The molecule has 0 unspecified atom stereocenters. The summed E-state index contributed by atoms with van der Waals surface area (Å²) in [6.45, 7) is 0. The van der Waals surface area contributed by atoms with Crippen molar-refractivity contribution in [3.8, 4) is 0 Å². The predicted octanol–water partition coefficient (Wildman–Crippen LogP) is 4.71. The number of non-ortho nitro benzene ring substituents is 1. The molecule has 0 saturated heterocycles. The number of aromatic nitrogens is 1. The molecular weight excluding hydrogens is 453 g/mol. The first-order chi connectivity index (χ1) is 10.9. The number of halogens is 2. The van der Waals surface area contributed by atoms with Gasteiger partial charge < -0.3 is 0 Å².